The van der Waals surface area contributed by atoms with E-state index in [9.17, 15) is 8.78 Å². The zero-order valence-electron chi connectivity index (χ0n) is 18.1. The molecule has 1 aliphatic heterocycles. The van der Waals surface area contributed by atoms with Crippen LogP contribution >= 0.6 is 0 Å². The maximum absolute atomic E-state index is 14.6. The number of nitrogens with zero attached hydrogens (tertiary/aromatic N) is 1. The quantitative estimate of drug-likeness (QED) is 0.558. The Labute approximate surface area is 179 Å². The molecule has 1 saturated carbocycles. The number of amidine groups is 1. The van der Waals surface area contributed by atoms with Gasteiger partial charge in [-0.05, 0) is 66.7 Å². The van der Waals surface area contributed by atoms with Crippen LogP contribution in [0.5, 0.6) is 5.75 Å². The van der Waals surface area contributed by atoms with Gasteiger partial charge in [0.25, 0.3) is 0 Å². The molecule has 30 heavy (non-hydrogen) atoms. The zero-order chi connectivity index (χ0) is 21.6. The highest BCUT2D eigenvalue weighted by Gasteiger charge is 2.59. The first-order chi connectivity index (χ1) is 14.2. The molecule has 2 N–H and O–H groups in total. The van der Waals surface area contributed by atoms with Gasteiger partial charge in [0, 0.05) is 11.8 Å². The van der Waals surface area contributed by atoms with Gasteiger partial charge in [-0.3, -0.25) is 4.39 Å². The lowest BCUT2D eigenvalue weighted by Gasteiger charge is -2.46. The molecular weight excluding hydrogens is 383 g/mol. The molecule has 1 unspecified atom stereocenters. The van der Waals surface area contributed by atoms with Gasteiger partial charge in [-0.1, -0.05) is 6.07 Å². The molecule has 158 valence electrons. The highest BCUT2D eigenvalue weighted by Crippen LogP contribution is 2.62. The number of aliphatic imine (C=N–C) groups is 1. The molecule has 1 fully saturated rings. The molecule has 0 aromatic heterocycles. The van der Waals surface area contributed by atoms with Gasteiger partial charge >= 0.3 is 0 Å². The smallest absolute Gasteiger partial charge is 0.163 e. The topological polar surface area (TPSA) is 56.8 Å². The Bertz CT molecular complexity index is 859. The summed E-state index contributed by atoms with van der Waals surface area (Å²) in [6, 6.07) is 5.91. The number of fused-ring (bicyclic) bond motifs is 3. The lowest BCUT2D eigenvalue weighted by Crippen LogP contribution is -2.46. The van der Waals surface area contributed by atoms with E-state index >= 15 is 0 Å². The first-order valence-corrected chi connectivity index (χ1v) is 10.9. The molecule has 3 aliphatic rings. The van der Waals surface area contributed by atoms with Crippen molar-refractivity contribution in [2.75, 3.05) is 13.3 Å². The van der Waals surface area contributed by atoms with E-state index in [0.717, 1.165) is 43.2 Å². The predicted molar refractivity (Wildman–Crippen MR) is 123 cm³/mol. The van der Waals surface area contributed by atoms with Crippen LogP contribution in [0.15, 0.2) is 35.1 Å². The van der Waals surface area contributed by atoms with Crippen molar-refractivity contribution in [3.05, 3.63) is 41.2 Å². The van der Waals surface area contributed by atoms with E-state index in [1.54, 1.807) is 6.08 Å². The summed E-state index contributed by atoms with van der Waals surface area (Å²) in [6.07, 6.45) is 6.60. The van der Waals surface area contributed by atoms with Crippen molar-refractivity contribution in [3.8, 4) is 5.75 Å². The molecule has 0 amide bonds. The number of hydrogen-bond acceptors (Lipinski definition) is 4. The van der Waals surface area contributed by atoms with Crippen LogP contribution in [0.3, 0.4) is 0 Å². The number of halogens is 2. The van der Waals surface area contributed by atoms with Gasteiger partial charge < -0.3 is 15.2 Å². The third kappa shape index (κ3) is 3.70. The summed E-state index contributed by atoms with van der Waals surface area (Å²) in [4.78, 5) is 4.73. The minimum absolute atomic E-state index is 0.0287. The van der Waals surface area contributed by atoms with Crippen molar-refractivity contribution in [1.82, 2.24) is 0 Å². The monoisotopic (exact) mass is 412 g/mol. The van der Waals surface area contributed by atoms with E-state index < -0.39 is 18.0 Å². The summed E-state index contributed by atoms with van der Waals surface area (Å²) in [5.41, 5.74) is 7.04. The summed E-state index contributed by atoms with van der Waals surface area (Å²) in [6.45, 7) is -0.0978. The second-order valence-corrected chi connectivity index (χ2v) is 9.85. The molecule has 0 saturated heterocycles. The summed E-state index contributed by atoms with van der Waals surface area (Å²) in [5, 5.41) is -0.181. The van der Waals surface area contributed by atoms with Gasteiger partial charge in [-0.25, -0.2) is 9.38 Å². The lowest BCUT2D eigenvalue weighted by molar-refractivity contribution is -0.0213. The van der Waals surface area contributed by atoms with Crippen LogP contribution in [0.2, 0.25) is 0 Å². The van der Waals surface area contributed by atoms with E-state index in [1.807, 2.05) is 18.2 Å². The van der Waals surface area contributed by atoms with Gasteiger partial charge in [0.1, 0.15) is 34.8 Å². The van der Waals surface area contributed by atoms with E-state index in [0.29, 0.717) is 18.8 Å². The fourth-order valence-electron chi connectivity index (χ4n) is 5.45. The van der Waals surface area contributed by atoms with Crippen LogP contribution in [-0.4, -0.2) is 54.1 Å². The Morgan fingerprint density at radius 3 is 2.57 bits per heavy atom. The average Bonchev–Trinajstić information content (AvgIpc) is 3.11. The van der Waals surface area contributed by atoms with Crippen molar-refractivity contribution >= 4 is 29.4 Å². The Kier molecular flexibility index (Phi) is 5.54. The Morgan fingerprint density at radius 1 is 1.23 bits per heavy atom. The van der Waals surface area contributed by atoms with Crippen molar-refractivity contribution in [1.29, 1.82) is 0 Å². The van der Waals surface area contributed by atoms with Crippen LogP contribution in [0.4, 0.5) is 8.78 Å². The lowest BCUT2D eigenvalue weighted by atomic mass is 9.52. The first kappa shape index (κ1) is 21.5. The van der Waals surface area contributed by atoms with Crippen LogP contribution in [0.25, 0.3) is 0 Å². The number of hydrogen-bond donors (Lipinski definition) is 1. The second-order valence-electron chi connectivity index (χ2n) is 9.85. The van der Waals surface area contributed by atoms with Gasteiger partial charge in [-0.15, -0.1) is 0 Å². The van der Waals surface area contributed by atoms with Crippen LogP contribution in [-0.2, 0) is 16.7 Å². The molecule has 4 nitrogen and oxygen atoms in total. The van der Waals surface area contributed by atoms with Crippen molar-refractivity contribution in [2.45, 2.75) is 55.5 Å². The van der Waals surface area contributed by atoms with Crippen LogP contribution in [0.1, 0.15) is 43.2 Å². The fraction of sp³-hybridized carbons (Fsp3) is 0.571. The SMILES string of the molecule is BC(B)(B)O[C@H]1CC[C@]2(CC1)Cc1ccc(OCCCF)cc1C21C=C(F)C(N)=N1. The summed E-state index contributed by atoms with van der Waals surface area (Å²) in [5.74, 6) is 0.191. The van der Waals surface area contributed by atoms with E-state index in [2.05, 4.69) is 23.5 Å². The Hall–Kier alpha value is -1.76. The Balaban J connectivity index is 1.66. The molecule has 1 aromatic rings. The van der Waals surface area contributed by atoms with Crippen molar-refractivity contribution in [2.24, 2.45) is 16.1 Å². The van der Waals surface area contributed by atoms with E-state index in [1.165, 1.54) is 0 Å². The summed E-state index contributed by atoms with van der Waals surface area (Å²) >= 11 is 0. The maximum Gasteiger partial charge on any atom is 0.163 e. The second kappa shape index (κ2) is 7.74. The first-order valence-electron chi connectivity index (χ1n) is 10.9. The highest BCUT2D eigenvalue weighted by molar-refractivity contribution is 6.58. The summed E-state index contributed by atoms with van der Waals surface area (Å²) in [7, 11) is 6.23. The fourth-order valence-corrected chi connectivity index (χ4v) is 5.45. The number of alkyl halides is 1. The molecule has 1 heterocycles. The van der Waals surface area contributed by atoms with Gasteiger partial charge in [0.05, 0.1) is 19.4 Å². The summed E-state index contributed by atoms with van der Waals surface area (Å²) < 4.78 is 39.0. The molecule has 1 atom stereocenters. The zero-order valence-corrected chi connectivity index (χ0v) is 18.1. The number of ether oxygens (including phenoxy) is 2. The van der Waals surface area contributed by atoms with E-state index in [-0.39, 0.29) is 22.7 Å². The largest absolute Gasteiger partial charge is 0.493 e. The number of benzene rings is 1. The average molecular weight is 412 g/mol. The predicted octanol–water partition coefficient (Wildman–Crippen LogP) is 0.857. The molecule has 2 spiro atoms. The molecule has 9 heteroatoms. The molecule has 4 rings (SSSR count). The highest BCUT2D eigenvalue weighted by atomic mass is 19.1. The van der Waals surface area contributed by atoms with Crippen molar-refractivity contribution < 1.29 is 18.3 Å². The maximum atomic E-state index is 14.6. The minimum Gasteiger partial charge on any atom is -0.493 e. The van der Waals surface area contributed by atoms with Gasteiger partial charge in [0.15, 0.2) is 11.7 Å². The number of nitrogens with two attached hydrogens (primary N) is 1. The normalized spacial score (nSPS) is 30.4. The third-order valence-corrected chi connectivity index (χ3v) is 6.66. The third-order valence-electron chi connectivity index (χ3n) is 6.66. The van der Waals surface area contributed by atoms with E-state index in [4.69, 9.17) is 20.2 Å². The minimum atomic E-state index is -0.803. The Morgan fingerprint density at radius 2 is 1.97 bits per heavy atom. The number of rotatable bonds is 6. The van der Waals surface area contributed by atoms with Crippen molar-refractivity contribution in [3.63, 3.8) is 0 Å². The van der Waals surface area contributed by atoms with Gasteiger partial charge in [-0.2, -0.15) is 0 Å². The molecule has 2 aliphatic carbocycles. The van der Waals surface area contributed by atoms with Crippen LogP contribution < -0.4 is 10.5 Å². The molecule has 0 bridgehead atoms. The molecule has 1 aromatic carbocycles. The standard InChI is InChI=1S/C21H29B3F2N2O2/c22-21(23,24)30-14-4-6-19(7-5-14)11-13-2-3-15(29-9-1-8-25)10-16(13)20(19)12-17(26)18(27)28-20/h2-3,10,12,14H,1,4-9,11,22-24H2,(H2,27,28)/t14-,19-,20?. The molecular formula is C21H29B3F2N2O2. The van der Waals surface area contributed by atoms with Crippen LogP contribution in [0, 0.1) is 5.41 Å². The van der Waals surface area contributed by atoms with Gasteiger partial charge in [0.2, 0.25) is 0 Å². The molecule has 0 radical (unpaired) electrons.